The van der Waals surface area contributed by atoms with Crippen molar-refractivity contribution in [1.82, 2.24) is 25.9 Å². The van der Waals surface area contributed by atoms with Gasteiger partial charge in [0.05, 0.1) is 11.9 Å². The standard InChI is InChI=1S/C14H14FN5O2/c15-9-1-3-10(4-2-9)20-13(21)6-5-11(19-20)14(22)17-12-7-8-16-18-12/h1-6,12,16,18H,7-8H2,(H,17,22). The van der Waals surface area contributed by atoms with Gasteiger partial charge in [-0.1, -0.05) is 0 Å². The number of hydrogen-bond donors (Lipinski definition) is 3. The van der Waals surface area contributed by atoms with Crippen LogP contribution in [-0.2, 0) is 0 Å². The molecule has 1 aliphatic rings. The molecule has 1 saturated heterocycles. The van der Waals surface area contributed by atoms with E-state index in [1.165, 1.54) is 36.4 Å². The maximum Gasteiger partial charge on any atom is 0.272 e. The van der Waals surface area contributed by atoms with Gasteiger partial charge < -0.3 is 5.32 Å². The molecule has 7 nitrogen and oxygen atoms in total. The van der Waals surface area contributed by atoms with Crippen molar-refractivity contribution >= 4 is 5.91 Å². The molecular weight excluding hydrogens is 289 g/mol. The van der Waals surface area contributed by atoms with Crippen molar-refractivity contribution in [1.29, 1.82) is 0 Å². The van der Waals surface area contributed by atoms with Crippen LogP contribution in [0.25, 0.3) is 5.69 Å². The largest absolute Gasteiger partial charge is 0.334 e. The van der Waals surface area contributed by atoms with E-state index < -0.39 is 17.3 Å². The number of nitrogens with one attached hydrogen (secondary N) is 3. The number of amides is 1. The number of benzene rings is 1. The molecule has 1 aliphatic heterocycles. The highest BCUT2D eigenvalue weighted by Crippen LogP contribution is 2.06. The van der Waals surface area contributed by atoms with Gasteiger partial charge in [0.2, 0.25) is 0 Å². The van der Waals surface area contributed by atoms with Gasteiger partial charge in [0.1, 0.15) is 11.5 Å². The van der Waals surface area contributed by atoms with Crippen molar-refractivity contribution in [2.24, 2.45) is 0 Å². The number of aromatic nitrogens is 2. The lowest BCUT2D eigenvalue weighted by Gasteiger charge is -2.12. The first kappa shape index (κ1) is 14.4. The number of hydrogen-bond acceptors (Lipinski definition) is 5. The number of nitrogens with zero attached hydrogens (tertiary/aromatic N) is 2. The van der Waals surface area contributed by atoms with Crippen LogP contribution in [0, 0.1) is 5.82 Å². The molecule has 1 unspecified atom stereocenters. The van der Waals surface area contributed by atoms with Crippen LogP contribution in [0.5, 0.6) is 0 Å². The Morgan fingerprint density at radius 1 is 1.27 bits per heavy atom. The number of halogens is 1. The molecular formula is C14H14FN5O2. The van der Waals surface area contributed by atoms with Crippen molar-refractivity contribution < 1.29 is 9.18 Å². The minimum absolute atomic E-state index is 0.109. The van der Waals surface area contributed by atoms with Crippen molar-refractivity contribution in [2.75, 3.05) is 6.54 Å². The summed E-state index contributed by atoms with van der Waals surface area (Å²) < 4.78 is 14.0. The average molecular weight is 303 g/mol. The first-order valence-corrected chi connectivity index (χ1v) is 6.79. The summed E-state index contributed by atoms with van der Waals surface area (Å²) in [5.41, 5.74) is 5.91. The molecule has 0 saturated carbocycles. The van der Waals surface area contributed by atoms with E-state index in [0.717, 1.165) is 17.6 Å². The highest BCUT2D eigenvalue weighted by atomic mass is 19.1. The van der Waals surface area contributed by atoms with Gasteiger partial charge in [-0.3, -0.25) is 15.0 Å². The maximum absolute atomic E-state index is 13.0. The van der Waals surface area contributed by atoms with E-state index in [1.807, 2.05) is 0 Å². The number of carbonyl (C=O) groups excluding carboxylic acids is 1. The second-order valence-corrected chi connectivity index (χ2v) is 4.83. The van der Waals surface area contributed by atoms with Crippen LogP contribution in [0.1, 0.15) is 16.9 Å². The quantitative estimate of drug-likeness (QED) is 0.738. The molecule has 1 fully saturated rings. The molecule has 0 spiro atoms. The number of carbonyl (C=O) groups is 1. The van der Waals surface area contributed by atoms with Gasteiger partial charge in [0, 0.05) is 12.6 Å². The van der Waals surface area contributed by atoms with E-state index in [9.17, 15) is 14.0 Å². The van der Waals surface area contributed by atoms with Crippen LogP contribution in [0.2, 0.25) is 0 Å². The summed E-state index contributed by atoms with van der Waals surface area (Å²) in [5, 5.41) is 6.79. The molecule has 0 aliphatic carbocycles. The monoisotopic (exact) mass is 303 g/mol. The van der Waals surface area contributed by atoms with Gasteiger partial charge in [0.25, 0.3) is 11.5 Å². The lowest BCUT2D eigenvalue weighted by atomic mass is 10.3. The van der Waals surface area contributed by atoms with Gasteiger partial charge in [0.15, 0.2) is 0 Å². The van der Waals surface area contributed by atoms with E-state index in [4.69, 9.17) is 0 Å². The van der Waals surface area contributed by atoms with Crippen molar-refractivity contribution in [3.05, 3.63) is 58.3 Å². The molecule has 8 heteroatoms. The van der Waals surface area contributed by atoms with E-state index >= 15 is 0 Å². The topological polar surface area (TPSA) is 88.0 Å². The molecule has 1 aromatic heterocycles. The van der Waals surface area contributed by atoms with E-state index in [-0.39, 0.29) is 11.9 Å². The minimum atomic E-state index is -0.412. The van der Waals surface area contributed by atoms with Gasteiger partial charge in [-0.05, 0) is 36.8 Å². The third-order valence-corrected chi connectivity index (χ3v) is 3.24. The molecule has 114 valence electrons. The van der Waals surface area contributed by atoms with Crippen LogP contribution >= 0.6 is 0 Å². The fraction of sp³-hybridized carbons (Fsp3) is 0.214. The Balaban J connectivity index is 1.87. The molecule has 0 bridgehead atoms. The number of hydrazine groups is 1. The normalized spacial score (nSPS) is 17.4. The lowest BCUT2D eigenvalue weighted by molar-refractivity contribution is 0.0925. The van der Waals surface area contributed by atoms with Crippen LogP contribution in [0.4, 0.5) is 4.39 Å². The first-order valence-electron chi connectivity index (χ1n) is 6.79. The molecule has 3 N–H and O–H groups in total. The van der Waals surface area contributed by atoms with E-state index in [0.29, 0.717) is 5.69 Å². The van der Waals surface area contributed by atoms with Crippen molar-refractivity contribution in [2.45, 2.75) is 12.6 Å². The van der Waals surface area contributed by atoms with E-state index in [2.05, 4.69) is 21.3 Å². The molecule has 1 aromatic carbocycles. The summed E-state index contributed by atoms with van der Waals surface area (Å²) in [6.07, 6.45) is 0.573. The molecule has 3 rings (SSSR count). The van der Waals surface area contributed by atoms with Crippen LogP contribution in [0.15, 0.2) is 41.2 Å². The van der Waals surface area contributed by atoms with E-state index in [1.54, 1.807) is 0 Å². The Morgan fingerprint density at radius 3 is 2.73 bits per heavy atom. The first-order chi connectivity index (χ1) is 10.6. The summed E-state index contributed by atoms with van der Waals surface area (Å²) in [6.45, 7) is 0.757. The molecule has 1 atom stereocenters. The lowest BCUT2D eigenvalue weighted by Crippen LogP contribution is -2.44. The predicted octanol–water partition coefficient (Wildman–Crippen LogP) is -0.0746. The van der Waals surface area contributed by atoms with Crippen molar-refractivity contribution in [3.8, 4) is 5.69 Å². The summed E-state index contributed by atoms with van der Waals surface area (Å²) in [7, 11) is 0. The molecule has 0 radical (unpaired) electrons. The fourth-order valence-corrected chi connectivity index (χ4v) is 2.12. The molecule has 2 aromatic rings. The zero-order valence-corrected chi connectivity index (χ0v) is 11.5. The third-order valence-electron chi connectivity index (χ3n) is 3.24. The van der Waals surface area contributed by atoms with Gasteiger partial charge in [-0.15, -0.1) is 0 Å². The molecule has 2 heterocycles. The summed E-state index contributed by atoms with van der Waals surface area (Å²) >= 11 is 0. The van der Waals surface area contributed by atoms with Crippen molar-refractivity contribution in [3.63, 3.8) is 0 Å². The molecule has 22 heavy (non-hydrogen) atoms. The Bertz CT molecular complexity index is 738. The summed E-state index contributed by atoms with van der Waals surface area (Å²) in [6, 6.07) is 7.92. The van der Waals surface area contributed by atoms with Crippen LogP contribution in [-0.4, -0.2) is 28.4 Å². The zero-order chi connectivity index (χ0) is 15.5. The van der Waals surface area contributed by atoms with Crippen LogP contribution in [0.3, 0.4) is 0 Å². The smallest absolute Gasteiger partial charge is 0.272 e. The average Bonchev–Trinajstić information content (AvgIpc) is 3.01. The third kappa shape index (κ3) is 3.02. The molecule has 1 amide bonds. The second-order valence-electron chi connectivity index (χ2n) is 4.83. The summed E-state index contributed by atoms with van der Waals surface area (Å²) in [4.78, 5) is 24.0. The Morgan fingerprint density at radius 2 is 2.05 bits per heavy atom. The number of rotatable bonds is 3. The Hall–Kier alpha value is -2.58. The highest BCUT2D eigenvalue weighted by Gasteiger charge is 2.18. The Kier molecular flexibility index (Phi) is 3.94. The van der Waals surface area contributed by atoms with Gasteiger partial charge in [-0.2, -0.15) is 9.78 Å². The minimum Gasteiger partial charge on any atom is -0.334 e. The highest BCUT2D eigenvalue weighted by molar-refractivity contribution is 5.92. The predicted molar refractivity (Wildman–Crippen MR) is 76.8 cm³/mol. The second kappa shape index (κ2) is 6.04. The zero-order valence-electron chi connectivity index (χ0n) is 11.5. The van der Waals surface area contributed by atoms with Gasteiger partial charge in [-0.25, -0.2) is 9.82 Å². The Labute approximate surface area is 125 Å². The van der Waals surface area contributed by atoms with Crippen LogP contribution < -0.4 is 21.7 Å². The SMILES string of the molecule is O=C(NC1CCNN1)c1ccc(=O)n(-c2ccc(F)cc2)n1. The van der Waals surface area contributed by atoms with Gasteiger partial charge >= 0.3 is 0 Å². The summed E-state index contributed by atoms with van der Waals surface area (Å²) in [5.74, 6) is -0.803. The maximum atomic E-state index is 13.0. The fourth-order valence-electron chi connectivity index (χ4n) is 2.12.